The molecule has 0 radical (unpaired) electrons. The van der Waals surface area contributed by atoms with E-state index in [1.165, 1.54) is 0 Å². The van der Waals surface area contributed by atoms with Gasteiger partial charge in [0.25, 0.3) is 5.91 Å². The fourth-order valence-corrected chi connectivity index (χ4v) is 3.43. The lowest BCUT2D eigenvalue weighted by Crippen LogP contribution is -2.11. The highest BCUT2D eigenvalue weighted by Crippen LogP contribution is 2.28. The SMILES string of the molecule is Cc1cc(NC(=O)c2cc(I)ccc2Br)sc1C(=O)O. The fraction of sp³-hybridized carbons (Fsp3) is 0.0769. The Morgan fingerprint density at radius 1 is 1.35 bits per heavy atom. The van der Waals surface area contributed by atoms with Crippen LogP contribution in [0.4, 0.5) is 5.00 Å². The Kier molecular flexibility index (Phi) is 4.82. The van der Waals surface area contributed by atoms with Gasteiger partial charge in [-0.15, -0.1) is 11.3 Å². The van der Waals surface area contributed by atoms with Crippen LogP contribution in [-0.4, -0.2) is 17.0 Å². The summed E-state index contributed by atoms with van der Waals surface area (Å²) in [7, 11) is 0. The molecule has 0 atom stereocenters. The first kappa shape index (κ1) is 15.5. The Balaban J connectivity index is 2.26. The maximum absolute atomic E-state index is 12.2. The van der Waals surface area contributed by atoms with E-state index >= 15 is 0 Å². The first-order chi connectivity index (χ1) is 9.38. The monoisotopic (exact) mass is 465 g/mol. The van der Waals surface area contributed by atoms with E-state index in [9.17, 15) is 9.59 Å². The van der Waals surface area contributed by atoms with E-state index < -0.39 is 5.97 Å². The van der Waals surface area contributed by atoms with Gasteiger partial charge >= 0.3 is 5.97 Å². The number of benzene rings is 1. The van der Waals surface area contributed by atoms with Crippen LogP contribution in [0.15, 0.2) is 28.7 Å². The van der Waals surface area contributed by atoms with Gasteiger partial charge in [0.05, 0.1) is 10.6 Å². The van der Waals surface area contributed by atoms with Crippen molar-refractivity contribution in [1.29, 1.82) is 0 Å². The van der Waals surface area contributed by atoms with Crippen LogP contribution in [0.5, 0.6) is 0 Å². The van der Waals surface area contributed by atoms with Crippen molar-refractivity contribution in [2.45, 2.75) is 6.92 Å². The van der Waals surface area contributed by atoms with E-state index in [-0.39, 0.29) is 10.8 Å². The Hall–Kier alpha value is -0.930. The van der Waals surface area contributed by atoms with Crippen LogP contribution in [0, 0.1) is 10.5 Å². The van der Waals surface area contributed by atoms with Crippen LogP contribution in [0.3, 0.4) is 0 Å². The zero-order valence-electron chi connectivity index (χ0n) is 10.2. The predicted molar refractivity (Wildman–Crippen MR) is 90.8 cm³/mol. The average molecular weight is 466 g/mol. The molecule has 2 aromatic rings. The molecule has 2 rings (SSSR count). The zero-order valence-corrected chi connectivity index (χ0v) is 14.8. The number of halogens is 2. The number of carboxylic acids is 1. The van der Waals surface area contributed by atoms with E-state index in [0.717, 1.165) is 14.9 Å². The second-order valence-corrected chi connectivity index (χ2v) is 7.16. The van der Waals surface area contributed by atoms with Gasteiger partial charge in [-0.2, -0.15) is 0 Å². The standard InChI is InChI=1S/C13H9BrINO3S/c1-6-4-10(20-11(6)13(18)19)16-12(17)8-5-7(15)2-3-9(8)14/h2-5H,1H3,(H,16,17)(H,18,19). The summed E-state index contributed by atoms with van der Waals surface area (Å²) in [5.41, 5.74) is 1.15. The Morgan fingerprint density at radius 2 is 2.05 bits per heavy atom. The van der Waals surface area contributed by atoms with E-state index in [1.807, 2.05) is 6.07 Å². The molecule has 0 aliphatic rings. The molecule has 1 heterocycles. The molecule has 0 saturated carbocycles. The number of rotatable bonds is 3. The molecular formula is C13H9BrINO3S. The predicted octanol–water partition coefficient (Wildman–Crippen LogP) is 4.37. The number of thiophene rings is 1. The van der Waals surface area contributed by atoms with Crippen molar-refractivity contribution in [3.8, 4) is 0 Å². The molecule has 0 bridgehead atoms. The third-order valence-electron chi connectivity index (χ3n) is 2.52. The summed E-state index contributed by atoms with van der Waals surface area (Å²) in [6.45, 7) is 1.71. The van der Waals surface area contributed by atoms with Gasteiger partial charge in [-0.25, -0.2) is 4.79 Å². The lowest BCUT2D eigenvalue weighted by Gasteiger charge is -2.05. The highest BCUT2D eigenvalue weighted by molar-refractivity contribution is 14.1. The highest BCUT2D eigenvalue weighted by Gasteiger charge is 2.16. The maximum Gasteiger partial charge on any atom is 0.346 e. The summed E-state index contributed by atoms with van der Waals surface area (Å²) in [4.78, 5) is 23.4. The third-order valence-corrected chi connectivity index (χ3v) is 5.02. The highest BCUT2D eigenvalue weighted by atomic mass is 127. The molecule has 0 fully saturated rings. The summed E-state index contributed by atoms with van der Waals surface area (Å²) in [5.74, 6) is -1.25. The number of carbonyl (C=O) groups is 2. The van der Waals surface area contributed by atoms with E-state index in [4.69, 9.17) is 5.11 Å². The molecule has 20 heavy (non-hydrogen) atoms. The molecule has 0 saturated heterocycles. The summed E-state index contributed by atoms with van der Waals surface area (Å²) in [5, 5.41) is 12.2. The third kappa shape index (κ3) is 3.39. The van der Waals surface area contributed by atoms with E-state index in [2.05, 4.69) is 43.8 Å². The zero-order chi connectivity index (χ0) is 14.9. The lowest BCUT2D eigenvalue weighted by molar-refractivity contribution is 0.0701. The molecule has 0 spiro atoms. The topological polar surface area (TPSA) is 66.4 Å². The van der Waals surface area contributed by atoms with Gasteiger partial charge in [-0.05, 0) is 75.3 Å². The van der Waals surface area contributed by atoms with Crippen LogP contribution in [0.2, 0.25) is 0 Å². The molecule has 1 amide bonds. The minimum Gasteiger partial charge on any atom is -0.477 e. The van der Waals surface area contributed by atoms with Crippen molar-refractivity contribution >= 4 is 66.7 Å². The van der Waals surface area contributed by atoms with Crippen LogP contribution in [-0.2, 0) is 0 Å². The smallest absolute Gasteiger partial charge is 0.346 e. The Labute approximate surface area is 141 Å². The van der Waals surface area contributed by atoms with Crippen LogP contribution < -0.4 is 5.32 Å². The summed E-state index contributed by atoms with van der Waals surface area (Å²) >= 11 is 6.51. The van der Waals surface area contributed by atoms with Gasteiger partial charge in [-0.1, -0.05) is 0 Å². The molecule has 0 aliphatic carbocycles. The fourth-order valence-electron chi connectivity index (χ4n) is 1.61. The van der Waals surface area contributed by atoms with Crippen LogP contribution in [0.1, 0.15) is 25.6 Å². The van der Waals surface area contributed by atoms with Gasteiger partial charge in [-0.3, -0.25) is 4.79 Å². The average Bonchev–Trinajstić information content (AvgIpc) is 2.73. The van der Waals surface area contributed by atoms with Crippen molar-refractivity contribution in [3.63, 3.8) is 0 Å². The molecule has 104 valence electrons. The number of anilines is 1. The second kappa shape index (κ2) is 6.23. The van der Waals surface area contributed by atoms with Crippen molar-refractivity contribution < 1.29 is 14.7 Å². The van der Waals surface area contributed by atoms with Crippen molar-refractivity contribution in [2.75, 3.05) is 5.32 Å². The second-order valence-electron chi connectivity index (χ2n) is 4.01. The molecule has 4 nitrogen and oxygen atoms in total. The molecule has 0 aliphatic heterocycles. The normalized spacial score (nSPS) is 10.3. The minimum absolute atomic E-state index is 0.238. The van der Waals surface area contributed by atoms with Gasteiger partial charge in [0.15, 0.2) is 0 Å². The Bertz CT molecular complexity index is 699. The number of hydrogen-bond donors (Lipinski definition) is 2. The summed E-state index contributed by atoms with van der Waals surface area (Å²) in [6, 6.07) is 7.12. The number of amides is 1. The number of carboxylic acid groups (broad SMARTS) is 1. The van der Waals surface area contributed by atoms with Gasteiger partial charge in [0, 0.05) is 8.04 Å². The van der Waals surface area contributed by atoms with Crippen molar-refractivity contribution in [1.82, 2.24) is 0 Å². The van der Waals surface area contributed by atoms with E-state index in [1.54, 1.807) is 25.1 Å². The number of carbonyl (C=O) groups excluding carboxylic acids is 1. The lowest BCUT2D eigenvalue weighted by atomic mass is 10.2. The van der Waals surface area contributed by atoms with Crippen LogP contribution in [0.25, 0.3) is 0 Å². The molecule has 7 heteroatoms. The van der Waals surface area contributed by atoms with E-state index in [0.29, 0.717) is 20.6 Å². The number of aryl methyl sites for hydroxylation is 1. The van der Waals surface area contributed by atoms with Gasteiger partial charge in [0.1, 0.15) is 4.88 Å². The van der Waals surface area contributed by atoms with Crippen molar-refractivity contribution in [2.24, 2.45) is 0 Å². The number of nitrogens with one attached hydrogen (secondary N) is 1. The van der Waals surface area contributed by atoms with Gasteiger partial charge < -0.3 is 10.4 Å². The molecule has 1 aromatic heterocycles. The molecule has 0 unspecified atom stereocenters. The van der Waals surface area contributed by atoms with Crippen molar-refractivity contribution in [3.05, 3.63) is 48.3 Å². The maximum atomic E-state index is 12.2. The summed E-state index contributed by atoms with van der Waals surface area (Å²) < 4.78 is 1.65. The Morgan fingerprint density at radius 3 is 2.65 bits per heavy atom. The molecular weight excluding hydrogens is 457 g/mol. The molecule has 1 aromatic carbocycles. The first-order valence-electron chi connectivity index (χ1n) is 5.48. The molecule has 2 N–H and O–H groups in total. The van der Waals surface area contributed by atoms with Crippen LogP contribution >= 0.6 is 49.9 Å². The summed E-state index contributed by atoms with van der Waals surface area (Å²) in [6.07, 6.45) is 0. The van der Waals surface area contributed by atoms with Gasteiger partial charge in [0.2, 0.25) is 0 Å². The number of hydrogen-bond acceptors (Lipinski definition) is 3. The minimum atomic E-state index is -0.983. The largest absolute Gasteiger partial charge is 0.477 e. The number of aromatic carboxylic acids is 1. The first-order valence-corrected chi connectivity index (χ1v) is 8.17. The quantitative estimate of drug-likeness (QED) is 0.661.